The summed E-state index contributed by atoms with van der Waals surface area (Å²) in [5, 5.41) is 0. The maximum Gasteiger partial charge on any atom is 0.306 e. The monoisotopic (exact) mass is 450 g/mol. The normalized spacial score (nSPS) is 43.0. The highest BCUT2D eigenvalue weighted by molar-refractivity contribution is 5.78. The van der Waals surface area contributed by atoms with Gasteiger partial charge in [0, 0.05) is 11.8 Å². The first-order valence-corrected chi connectivity index (χ1v) is 12.4. The first-order chi connectivity index (χ1) is 14.7. The lowest BCUT2D eigenvalue weighted by Crippen LogP contribution is -2.45. The maximum atomic E-state index is 12.6. The van der Waals surface area contributed by atoms with Crippen molar-refractivity contribution in [3.05, 3.63) is 0 Å². The Kier molecular flexibility index (Phi) is 5.77. The summed E-state index contributed by atoms with van der Waals surface area (Å²) in [6.45, 7) is 16.7. The number of carbonyl (C=O) groups is 2. The van der Waals surface area contributed by atoms with Gasteiger partial charge in [-0.15, -0.1) is 0 Å². The number of fused-ring (bicyclic) bond motifs is 2. The minimum Gasteiger partial charge on any atom is -0.459 e. The molecule has 0 aromatic carbocycles. The summed E-state index contributed by atoms with van der Waals surface area (Å²) < 4.78 is 23.5. The molecule has 0 radical (unpaired) electrons. The zero-order valence-corrected chi connectivity index (χ0v) is 21.2. The summed E-state index contributed by atoms with van der Waals surface area (Å²) in [5.41, 5.74) is -1.21. The average Bonchev–Trinajstić information content (AvgIpc) is 3.50. The summed E-state index contributed by atoms with van der Waals surface area (Å²) in [6.07, 6.45) is 4.53. The molecule has 2 saturated carbocycles. The molecule has 0 amide bonds. The van der Waals surface area contributed by atoms with Crippen LogP contribution in [0.15, 0.2) is 0 Å². The summed E-state index contributed by atoms with van der Waals surface area (Å²) in [4.78, 5) is 25.2. The molecule has 32 heavy (non-hydrogen) atoms. The Morgan fingerprint density at radius 3 is 1.81 bits per heavy atom. The van der Waals surface area contributed by atoms with Crippen molar-refractivity contribution in [3.63, 3.8) is 0 Å². The Morgan fingerprint density at radius 2 is 1.25 bits per heavy atom. The fourth-order valence-corrected chi connectivity index (χ4v) is 6.86. The Hall–Kier alpha value is -1.14. The van der Waals surface area contributed by atoms with Gasteiger partial charge in [0.05, 0.1) is 36.3 Å². The van der Waals surface area contributed by atoms with Crippen LogP contribution in [0, 0.1) is 23.7 Å². The van der Waals surface area contributed by atoms with E-state index >= 15 is 0 Å². The predicted octanol–water partition coefficient (Wildman–Crippen LogP) is 4.82. The van der Waals surface area contributed by atoms with Gasteiger partial charge in [-0.25, -0.2) is 0 Å². The molecule has 6 nitrogen and oxygen atoms in total. The Morgan fingerprint density at radius 1 is 0.781 bits per heavy atom. The van der Waals surface area contributed by atoms with Crippen LogP contribution in [-0.2, 0) is 28.5 Å². The molecule has 2 heterocycles. The van der Waals surface area contributed by atoms with Crippen LogP contribution in [0.3, 0.4) is 0 Å². The molecule has 0 aromatic rings. The molecular formula is C26H42O6. The molecule has 4 fully saturated rings. The van der Waals surface area contributed by atoms with Crippen LogP contribution < -0.4 is 0 Å². The van der Waals surface area contributed by atoms with Crippen molar-refractivity contribution in [1.29, 1.82) is 0 Å². The summed E-state index contributed by atoms with van der Waals surface area (Å²) in [5.74, 6) is 0.661. The molecule has 2 aliphatic heterocycles. The quantitative estimate of drug-likeness (QED) is 0.409. The van der Waals surface area contributed by atoms with E-state index in [9.17, 15) is 9.59 Å². The standard InChI is InChI=1S/C26H42O6/c1-15-11-19-26(8,29-19)14-18(15)24(5,6)32-22(28)10-9-21(27)31-23(3,4)17-12-20-25(7,30-20)13-16(17)2/h15-20H,9-14H2,1-8H3. The summed E-state index contributed by atoms with van der Waals surface area (Å²) >= 11 is 0. The fourth-order valence-electron chi connectivity index (χ4n) is 6.86. The molecule has 2 aliphatic carbocycles. The Bertz CT molecular complexity index is 774. The minimum absolute atomic E-state index is 0.0202. The van der Waals surface area contributed by atoms with Gasteiger partial charge in [-0.1, -0.05) is 13.8 Å². The topological polar surface area (TPSA) is 77.7 Å². The second-order valence-corrected chi connectivity index (χ2v) is 12.5. The molecular weight excluding hydrogens is 408 g/mol. The van der Waals surface area contributed by atoms with Gasteiger partial charge in [0.2, 0.25) is 0 Å². The number of ether oxygens (including phenoxy) is 4. The number of hydrogen-bond donors (Lipinski definition) is 0. The molecule has 2 saturated heterocycles. The van der Waals surface area contributed by atoms with Crippen molar-refractivity contribution >= 4 is 11.9 Å². The van der Waals surface area contributed by atoms with E-state index in [1.54, 1.807) is 0 Å². The van der Waals surface area contributed by atoms with E-state index in [-0.39, 0.29) is 53.9 Å². The second-order valence-electron chi connectivity index (χ2n) is 12.5. The highest BCUT2D eigenvalue weighted by Gasteiger charge is 2.61. The average molecular weight is 451 g/mol. The van der Waals surface area contributed by atoms with Crippen LogP contribution in [0.1, 0.15) is 93.9 Å². The molecule has 8 unspecified atom stereocenters. The van der Waals surface area contributed by atoms with Crippen molar-refractivity contribution in [2.45, 2.75) is 129 Å². The fraction of sp³-hybridized carbons (Fsp3) is 0.923. The molecule has 0 bridgehead atoms. The van der Waals surface area contributed by atoms with Gasteiger partial charge in [0.25, 0.3) is 0 Å². The molecule has 0 spiro atoms. The molecule has 4 aliphatic rings. The van der Waals surface area contributed by atoms with Crippen molar-refractivity contribution in [2.75, 3.05) is 0 Å². The smallest absolute Gasteiger partial charge is 0.306 e. The third kappa shape index (κ3) is 4.59. The molecule has 4 rings (SSSR count). The first kappa shape index (κ1) is 24.0. The Balaban J connectivity index is 1.25. The maximum absolute atomic E-state index is 12.6. The van der Waals surface area contributed by atoms with E-state index in [2.05, 4.69) is 27.7 Å². The second kappa shape index (κ2) is 7.69. The van der Waals surface area contributed by atoms with Gasteiger partial charge in [0.1, 0.15) is 11.2 Å². The number of hydrogen-bond acceptors (Lipinski definition) is 6. The third-order valence-corrected chi connectivity index (χ3v) is 8.92. The Labute approximate surface area is 193 Å². The summed E-state index contributed by atoms with van der Waals surface area (Å²) in [7, 11) is 0. The molecule has 182 valence electrons. The number of rotatable bonds is 7. The van der Waals surface area contributed by atoms with Crippen molar-refractivity contribution in [1.82, 2.24) is 0 Å². The van der Waals surface area contributed by atoms with Crippen molar-refractivity contribution in [2.24, 2.45) is 23.7 Å². The lowest BCUT2D eigenvalue weighted by atomic mass is 9.69. The van der Waals surface area contributed by atoms with Gasteiger partial charge < -0.3 is 18.9 Å². The van der Waals surface area contributed by atoms with Crippen molar-refractivity contribution < 1.29 is 28.5 Å². The molecule has 8 atom stereocenters. The number of epoxide rings is 2. The van der Waals surface area contributed by atoms with Gasteiger partial charge in [-0.3, -0.25) is 9.59 Å². The van der Waals surface area contributed by atoms with E-state index < -0.39 is 11.2 Å². The number of carbonyl (C=O) groups excluding carboxylic acids is 2. The van der Waals surface area contributed by atoms with E-state index in [1.807, 2.05) is 27.7 Å². The SMILES string of the molecule is CC1CC2(C)OC2CC1C(C)(C)OC(=O)CCC(=O)OC(C)(C)C1CC2(C)OC2CC1C. The lowest BCUT2D eigenvalue weighted by Gasteiger charge is -2.41. The largest absolute Gasteiger partial charge is 0.459 e. The van der Waals surface area contributed by atoms with Crippen LogP contribution in [0.25, 0.3) is 0 Å². The van der Waals surface area contributed by atoms with Gasteiger partial charge in [0.15, 0.2) is 0 Å². The van der Waals surface area contributed by atoms with E-state index in [0.29, 0.717) is 17.9 Å². The van der Waals surface area contributed by atoms with E-state index in [1.165, 1.54) is 0 Å². The summed E-state index contributed by atoms with van der Waals surface area (Å²) in [6, 6.07) is 0. The van der Waals surface area contributed by atoms with Crippen LogP contribution in [0.2, 0.25) is 0 Å². The van der Waals surface area contributed by atoms with Gasteiger partial charge in [-0.2, -0.15) is 0 Å². The molecule has 6 heteroatoms. The number of esters is 2. The van der Waals surface area contributed by atoms with E-state index in [0.717, 1.165) is 25.7 Å². The van der Waals surface area contributed by atoms with Crippen LogP contribution in [0.4, 0.5) is 0 Å². The van der Waals surface area contributed by atoms with Gasteiger partial charge in [-0.05, 0) is 79.1 Å². The first-order valence-electron chi connectivity index (χ1n) is 12.4. The van der Waals surface area contributed by atoms with Crippen LogP contribution in [-0.4, -0.2) is 46.6 Å². The highest BCUT2D eigenvalue weighted by Crippen LogP contribution is 2.55. The molecule has 0 N–H and O–H groups in total. The minimum atomic E-state index is -0.589. The van der Waals surface area contributed by atoms with E-state index in [4.69, 9.17) is 18.9 Å². The highest BCUT2D eigenvalue weighted by atomic mass is 16.6. The zero-order chi connectivity index (χ0) is 23.7. The zero-order valence-electron chi connectivity index (χ0n) is 21.2. The van der Waals surface area contributed by atoms with Gasteiger partial charge >= 0.3 is 11.9 Å². The molecule has 0 aromatic heterocycles. The lowest BCUT2D eigenvalue weighted by molar-refractivity contribution is -0.172. The predicted molar refractivity (Wildman–Crippen MR) is 120 cm³/mol. The van der Waals surface area contributed by atoms with Crippen molar-refractivity contribution in [3.8, 4) is 0 Å². The van der Waals surface area contributed by atoms with Crippen LogP contribution >= 0.6 is 0 Å². The third-order valence-electron chi connectivity index (χ3n) is 8.92. The van der Waals surface area contributed by atoms with Crippen LogP contribution in [0.5, 0.6) is 0 Å².